The predicted molar refractivity (Wildman–Crippen MR) is 67.3 cm³/mol. The third kappa shape index (κ3) is 1.83. The van der Waals surface area contributed by atoms with E-state index >= 15 is 0 Å². The summed E-state index contributed by atoms with van der Waals surface area (Å²) in [6.45, 7) is 0. The van der Waals surface area contributed by atoms with Gasteiger partial charge in [0, 0.05) is 28.9 Å². The molecule has 0 saturated heterocycles. The smallest absolute Gasteiger partial charge is 0.193 e. The first-order valence-corrected chi connectivity index (χ1v) is 6.06. The molecular formula is C13H8N2OS. The van der Waals surface area contributed by atoms with Crippen molar-refractivity contribution in [2.45, 2.75) is 0 Å². The summed E-state index contributed by atoms with van der Waals surface area (Å²) in [7, 11) is 0. The average Bonchev–Trinajstić information content (AvgIpc) is 2.91. The van der Waals surface area contributed by atoms with Crippen molar-refractivity contribution in [2.24, 2.45) is 0 Å². The lowest BCUT2D eigenvalue weighted by atomic mass is 10.1. The summed E-state index contributed by atoms with van der Waals surface area (Å²) in [5, 5.41) is 3.75. The maximum atomic E-state index is 12.1. The van der Waals surface area contributed by atoms with E-state index in [1.54, 1.807) is 24.5 Å². The Bertz CT molecular complexity index is 677. The van der Waals surface area contributed by atoms with Crippen LogP contribution in [0.2, 0.25) is 0 Å². The van der Waals surface area contributed by atoms with Gasteiger partial charge in [-0.05, 0) is 29.6 Å². The molecule has 0 fully saturated rings. The van der Waals surface area contributed by atoms with E-state index in [-0.39, 0.29) is 5.78 Å². The lowest BCUT2D eigenvalue weighted by Crippen LogP contribution is -1.99. The first-order valence-electron chi connectivity index (χ1n) is 5.12. The van der Waals surface area contributed by atoms with Crippen LogP contribution in [-0.4, -0.2) is 15.8 Å². The number of hydrogen-bond acceptors (Lipinski definition) is 4. The van der Waals surface area contributed by atoms with Gasteiger partial charge in [-0.15, -0.1) is 0 Å². The second-order valence-electron chi connectivity index (χ2n) is 3.60. The van der Waals surface area contributed by atoms with Gasteiger partial charge in [-0.1, -0.05) is 0 Å². The second-order valence-corrected chi connectivity index (χ2v) is 4.38. The Morgan fingerprint density at radius 1 is 1.00 bits per heavy atom. The van der Waals surface area contributed by atoms with Crippen molar-refractivity contribution in [1.29, 1.82) is 0 Å². The maximum absolute atomic E-state index is 12.1. The summed E-state index contributed by atoms with van der Waals surface area (Å²) in [5.41, 5.74) is 2.91. The van der Waals surface area contributed by atoms with Crippen molar-refractivity contribution in [3.05, 3.63) is 58.5 Å². The summed E-state index contributed by atoms with van der Waals surface area (Å²) in [4.78, 5) is 20.5. The number of aromatic nitrogens is 2. The Labute approximate surface area is 102 Å². The topological polar surface area (TPSA) is 42.9 Å². The van der Waals surface area contributed by atoms with E-state index < -0.39 is 0 Å². The van der Waals surface area contributed by atoms with E-state index in [0.717, 1.165) is 16.6 Å². The molecule has 3 rings (SSSR count). The number of carbonyl (C=O) groups is 1. The molecule has 0 radical (unpaired) electrons. The standard InChI is InChI=1S/C13H8N2OS/c16-13(10-3-6-17-8-10)9-1-2-11-12(7-9)15-5-4-14-11/h1-8H. The van der Waals surface area contributed by atoms with Crippen LogP contribution in [0.4, 0.5) is 0 Å². The summed E-state index contributed by atoms with van der Waals surface area (Å²) < 4.78 is 0. The SMILES string of the molecule is O=C(c1ccsc1)c1ccc2nccnc2c1. The number of thiophene rings is 1. The molecule has 0 N–H and O–H groups in total. The molecule has 3 aromatic rings. The highest BCUT2D eigenvalue weighted by atomic mass is 32.1. The maximum Gasteiger partial charge on any atom is 0.193 e. The normalized spacial score (nSPS) is 10.6. The van der Waals surface area contributed by atoms with Gasteiger partial charge < -0.3 is 0 Å². The zero-order valence-electron chi connectivity index (χ0n) is 8.83. The monoisotopic (exact) mass is 240 g/mol. The van der Waals surface area contributed by atoms with Crippen LogP contribution in [0.25, 0.3) is 11.0 Å². The highest BCUT2D eigenvalue weighted by Crippen LogP contribution is 2.16. The highest BCUT2D eigenvalue weighted by molar-refractivity contribution is 7.08. The van der Waals surface area contributed by atoms with E-state index in [1.807, 2.05) is 22.9 Å². The van der Waals surface area contributed by atoms with Crippen molar-refractivity contribution in [3.8, 4) is 0 Å². The fraction of sp³-hybridized carbons (Fsp3) is 0. The highest BCUT2D eigenvalue weighted by Gasteiger charge is 2.10. The van der Waals surface area contributed by atoms with Crippen LogP contribution >= 0.6 is 11.3 Å². The molecule has 4 heteroatoms. The molecule has 0 atom stereocenters. The molecule has 2 heterocycles. The lowest BCUT2D eigenvalue weighted by molar-refractivity contribution is 0.103. The minimum absolute atomic E-state index is 0.0267. The van der Waals surface area contributed by atoms with Gasteiger partial charge in [-0.2, -0.15) is 11.3 Å². The van der Waals surface area contributed by atoms with Crippen LogP contribution < -0.4 is 0 Å². The van der Waals surface area contributed by atoms with E-state index in [4.69, 9.17) is 0 Å². The number of nitrogens with zero attached hydrogens (tertiary/aromatic N) is 2. The minimum atomic E-state index is 0.0267. The number of fused-ring (bicyclic) bond motifs is 1. The van der Waals surface area contributed by atoms with E-state index in [2.05, 4.69) is 9.97 Å². The number of benzene rings is 1. The van der Waals surface area contributed by atoms with Gasteiger partial charge in [-0.25, -0.2) is 0 Å². The van der Waals surface area contributed by atoms with Gasteiger partial charge in [0.05, 0.1) is 11.0 Å². The van der Waals surface area contributed by atoms with Crippen LogP contribution in [0.3, 0.4) is 0 Å². The third-order valence-electron chi connectivity index (χ3n) is 2.51. The van der Waals surface area contributed by atoms with Gasteiger partial charge in [0.15, 0.2) is 5.78 Å². The summed E-state index contributed by atoms with van der Waals surface area (Å²) in [6.07, 6.45) is 3.27. The molecule has 0 aliphatic heterocycles. The summed E-state index contributed by atoms with van der Waals surface area (Å²) in [5.74, 6) is 0.0267. The molecule has 0 amide bonds. The van der Waals surface area contributed by atoms with Gasteiger partial charge >= 0.3 is 0 Å². The number of rotatable bonds is 2. The number of carbonyl (C=O) groups excluding carboxylic acids is 1. The first-order chi connectivity index (χ1) is 8.34. The molecule has 0 aliphatic rings. The van der Waals surface area contributed by atoms with Crippen LogP contribution in [0, 0.1) is 0 Å². The zero-order chi connectivity index (χ0) is 11.7. The van der Waals surface area contributed by atoms with Crippen molar-refractivity contribution >= 4 is 28.2 Å². The molecule has 2 aromatic heterocycles. The molecule has 0 spiro atoms. The van der Waals surface area contributed by atoms with Gasteiger partial charge in [0.25, 0.3) is 0 Å². The van der Waals surface area contributed by atoms with Crippen molar-refractivity contribution in [3.63, 3.8) is 0 Å². The van der Waals surface area contributed by atoms with E-state index in [0.29, 0.717) is 5.56 Å². The summed E-state index contributed by atoms with van der Waals surface area (Å²) in [6, 6.07) is 7.22. The number of ketones is 1. The minimum Gasteiger partial charge on any atom is -0.289 e. The fourth-order valence-corrected chi connectivity index (χ4v) is 2.30. The summed E-state index contributed by atoms with van der Waals surface area (Å²) >= 11 is 1.52. The average molecular weight is 240 g/mol. The Morgan fingerprint density at radius 2 is 1.82 bits per heavy atom. The predicted octanol–water partition coefficient (Wildman–Crippen LogP) is 2.92. The van der Waals surface area contributed by atoms with Gasteiger partial charge in [0.1, 0.15) is 0 Å². The fourth-order valence-electron chi connectivity index (χ4n) is 1.66. The Kier molecular flexibility index (Phi) is 2.42. The zero-order valence-corrected chi connectivity index (χ0v) is 9.65. The Balaban J connectivity index is 2.09. The van der Waals surface area contributed by atoms with Crippen LogP contribution in [0.1, 0.15) is 15.9 Å². The lowest BCUT2D eigenvalue weighted by Gasteiger charge is -2.00. The number of hydrogen-bond donors (Lipinski definition) is 0. The van der Waals surface area contributed by atoms with Gasteiger partial charge in [0.2, 0.25) is 0 Å². The Morgan fingerprint density at radius 3 is 2.59 bits per heavy atom. The van der Waals surface area contributed by atoms with Crippen molar-refractivity contribution < 1.29 is 4.79 Å². The van der Waals surface area contributed by atoms with Crippen molar-refractivity contribution in [2.75, 3.05) is 0 Å². The molecule has 1 aromatic carbocycles. The van der Waals surface area contributed by atoms with E-state index in [1.165, 1.54) is 11.3 Å². The third-order valence-corrected chi connectivity index (χ3v) is 3.20. The van der Waals surface area contributed by atoms with E-state index in [9.17, 15) is 4.79 Å². The molecular weight excluding hydrogens is 232 g/mol. The molecule has 0 unspecified atom stereocenters. The van der Waals surface area contributed by atoms with Crippen LogP contribution in [-0.2, 0) is 0 Å². The second kappa shape index (κ2) is 4.07. The molecule has 0 aliphatic carbocycles. The molecule has 17 heavy (non-hydrogen) atoms. The van der Waals surface area contributed by atoms with Gasteiger partial charge in [-0.3, -0.25) is 14.8 Å². The first kappa shape index (κ1) is 10.1. The molecule has 0 saturated carbocycles. The molecule has 0 bridgehead atoms. The van der Waals surface area contributed by atoms with Crippen LogP contribution in [0.15, 0.2) is 47.4 Å². The van der Waals surface area contributed by atoms with Crippen molar-refractivity contribution in [1.82, 2.24) is 9.97 Å². The molecule has 82 valence electrons. The quantitative estimate of drug-likeness (QED) is 0.647. The largest absolute Gasteiger partial charge is 0.289 e. The van der Waals surface area contributed by atoms with Crippen LogP contribution in [0.5, 0.6) is 0 Å². The molecule has 3 nitrogen and oxygen atoms in total. The Hall–Kier alpha value is -2.07.